The van der Waals surface area contributed by atoms with Crippen molar-refractivity contribution in [2.24, 2.45) is 5.41 Å². The molecule has 2 N–H and O–H groups in total. The summed E-state index contributed by atoms with van der Waals surface area (Å²) in [4.78, 5) is 11.6. The van der Waals surface area contributed by atoms with Crippen LogP contribution in [0.25, 0.3) is 0 Å². The molecule has 94 valence electrons. The van der Waals surface area contributed by atoms with E-state index in [9.17, 15) is 4.79 Å². The van der Waals surface area contributed by atoms with E-state index < -0.39 is 0 Å². The molecule has 0 heterocycles. The Hall–Kier alpha value is -1.06. The number of carbonyl (C=O) groups is 1. The number of benzene rings is 1. The molecule has 0 atom stereocenters. The normalized spacial score (nSPS) is 11.3. The van der Waals surface area contributed by atoms with Crippen molar-refractivity contribution in [3.05, 3.63) is 29.3 Å². The van der Waals surface area contributed by atoms with Gasteiger partial charge in [-0.15, -0.1) is 0 Å². The zero-order chi connectivity index (χ0) is 12.9. The van der Waals surface area contributed by atoms with E-state index in [1.807, 2.05) is 12.1 Å². The molecule has 0 bridgehead atoms. The summed E-state index contributed by atoms with van der Waals surface area (Å²) < 4.78 is 0. The number of nitrogens with one attached hydrogen (secondary N) is 2. The van der Waals surface area contributed by atoms with E-state index in [-0.39, 0.29) is 11.3 Å². The molecule has 1 aromatic carbocycles. The van der Waals surface area contributed by atoms with Crippen LogP contribution >= 0.6 is 11.6 Å². The summed E-state index contributed by atoms with van der Waals surface area (Å²) >= 11 is 5.94. The van der Waals surface area contributed by atoms with Crippen LogP contribution in [-0.2, 0) is 4.79 Å². The number of para-hydroxylation sites is 1. The van der Waals surface area contributed by atoms with Crippen molar-refractivity contribution in [3.63, 3.8) is 0 Å². The summed E-state index contributed by atoms with van der Waals surface area (Å²) in [5, 5.41) is 6.43. The van der Waals surface area contributed by atoms with Crippen LogP contribution in [0.3, 0.4) is 0 Å². The molecule has 1 aromatic rings. The zero-order valence-corrected chi connectivity index (χ0v) is 11.3. The Morgan fingerprint density at radius 2 is 1.94 bits per heavy atom. The van der Waals surface area contributed by atoms with Gasteiger partial charge in [0.1, 0.15) is 0 Å². The summed E-state index contributed by atoms with van der Waals surface area (Å²) in [7, 11) is 0. The fourth-order valence-electron chi connectivity index (χ4n) is 1.31. The third-order valence-corrected chi connectivity index (χ3v) is 2.42. The van der Waals surface area contributed by atoms with Crippen molar-refractivity contribution in [1.29, 1.82) is 0 Å². The number of anilines is 1. The van der Waals surface area contributed by atoms with E-state index in [2.05, 4.69) is 31.4 Å². The SMILES string of the molecule is CC(C)(C)CNCC(=O)Nc1ccccc1Cl. The van der Waals surface area contributed by atoms with Gasteiger partial charge in [0.15, 0.2) is 0 Å². The number of amides is 1. The van der Waals surface area contributed by atoms with E-state index in [1.165, 1.54) is 0 Å². The van der Waals surface area contributed by atoms with Crippen molar-refractivity contribution in [1.82, 2.24) is 5.32 Å². The lowest BCUT2D eigenvalue weighted by Gasteiger charge is -2.18. The Labute approximate surface area is 108 Å². The lowest BCUT2D eigenvalue weighted by atomic mass is 9.97. The minimum absolute atomic E-state index is 0.0812. The summed E-state index contributed by atoms with van der Waals surface area (Å²) in [6, 6.07) is 7.20. The van der Waals surface area contributed by atoms with Gasteiger partial charge in [0.05, 0.1) is 17.3 Å². The summed E-state index contributed by atoms with van der Waals surface area (Å²) in [6.45, 7) is 7.44. The molecule has 0 aromatic heterocycles. The molecular weight excluding hydrogens is 236 g/mol. The first kappa shape index (κ1) is 14.0. The third kappa shape index (κ3) is 5.71. The van der Waals surface area contributed by atoms with Gasteiger partial charge in [-0.1, -0.05) is 44.5 Å². The highest BCUT2D eigenvalue weighted by atomic mass is 35.5. The van der Waals surface area contributed by atoms with Gasteiger partial charge in [-0.3, -0.25) is 4.79 Å². The molecule has 0 spiro atoms. The highest BCUT2D eigenvalue weighted by Crippen LogP contribution is 2.20. The minimum atomic E-state index is -0.0812. The second-order valence-corrected chi connectivity index (χ2v) is 5.60. The van der Waals surface area contributed by atoms with Crippen LogP contribution in [0.1, 0.15) is 20.8 Å². The standard InChI is InChI=1S/C13H19ClN2O/c1-13(2,3)9-15-8-12(17)16-11-7-5-4-6-10(11)14/h4-7,15H,8-9H2,1-3H3,(H,16,17). The number of hydrogen-bond acceptors (Lipinski definition) is 2. The number of carbonyl (C=O) groups excluding carboxylic acids is 1. The summed E-state index contributed by atoms with van der Waals surface area (Å²) in [5.41, 5.74) is 0.821. The average molecular weight is 255 g/mol. The predicted molar refractivity (Wildman–Crippen MR) is 72.4 cm³/mol. The Morgan fingerprint density at radius 3 is 2.53 bits per heavy atom. The first-order valence-electron chi connectivity index (χ1n) is 5.63. The lowest BCUT2D eigenvalue weighted by molar-refractivity contribution is -0.115. The molecule has 0 radical (unpaired) electrons. The van der Waals surface area contributed by atoms with Gasteiger partial charge in [0, 0.05) is 6.54 Å². The van der Waals surface area contributed by atoms with Crippen molar-refractivity contribution >= 4 is 23.2 Å². The predicted octanol–water partition coefficient (Wildman–Crippen LogP) is 2.91. The van der Waals surface area contributed by atoms with Crippen LogP contribution in [0.2, 0.25) is 5.02 Å². The van der Waals surface area contributed by atoms with E-state index in [1.54, 1.807) is 12.1 Å². The van der Waals surface area contributed by atoms with Crippen molar-refractivity contribution in [3.8, 4) is 0 Å². The molecule has 0 saturated heterocycles. The molecule has 4 heteroatoms. The number of halogens is 1. The Kier molecular flexibility index (Phi) is 4.97. The topological polar surface area (TPSA) is 41.1 Å². The van der Waals surface area contributed by atoms with Crippen LogP contribution in [-0.4, -0.2) is 19.0 Å². The fraction of sp³-hybridized carbons (Fsp3) is 0.462. The largest absolute Gasteiger partial charge is 0.324 e. The van der Waals surface area contributed by atoms with E-state index in [0.717, 1.165) is 6.54 Å². The molecule has 0 aliphatic heterocycles. The highest BCUT2D eigenvalue weighted by molar-refractivity contribution is 6.33. The van der Waals surface area contributed by atoms with Crippen LogP contribution in [0.5, 0.6) is 0 Å². The summed E-state index contributed by atoms with van der Waals surface area (Å²) in [6.07, 6.45) is 0. The van der Waals surface area contributed by atoms with Gasteiger partial charge < -0.3 is 10.6 Å². The molecule has 1 amide bonds. The zero-order valence-electron chi connectivity index (χ0n) is 10.5. The second-order valence-electron chi connectivity index (χ2n) is 5.19. The van der Waals surface area contributed by atoms with Gasteiger partial charge in [-0.05, 0) is 17.5 Å². The molecule has 3 nitrogen and oxygen atoms in total. The maximum atomic E-state index is 11.6. The van der Waals surface area contributed by atoms with Crippen molar-refractivity contribution < 1.29 is 4.79 Å². The molecule has 0 aliphatic rings. The van der Waals surface area contributed by atoms with Gasteiger partial charge in [0.2, 0.25) is 5.91 Å². The molecular formula is C13H19ClN2O. The Balaban J connectivity index is 2.38. The fourth-order valence-corrected chi connectivity index (χ4v) is 1.49. The first-order valence-corrected chi connectivity index (χ1v) is 6.01. The number of rotatable bonds is 4. The average Bonchev–Trinajstić information content (AvgIpc) is 2.19. The van der Waals surface area contributed by atoms with E-state index >= 15 is 0 Å². The first-order chi connectivity index (χ1) is 7.88. The van der Waals surface area contributed by atoms with Gasteiger partial charge in [-0.25, -0.2) is 0 Å². The van der Waals surface area contributed by atoms with Crippen LogP contribution < -0.4 is 10.6 Å². The van der Waals surface area contributed by atoms with Crippen LogP contribution in [0.4, 0.5) is 5.69 Å². The molecule has 0 fully saturated rings. The van der Waals surface area contributed by atoms with Crippen LogP contribution in [0, 0.1) is 5.41 Å². The maximum absolute atomic E-state index is 11.6. The van der Waals surface area contributed by atoms with Gasteiger partial charge in [-0.2, -0.15) is 0 Å². The van der Waals surface area contributed by atoms with Crippen molar-refractivity contribution in [2.45, 2.75) is 20.8 Å². The lowest BCUT2D eigenvalue weighted by Crippen LogP contribution is -2.34. The number of hydrogen-bond donors (Lipinski definition) is 2. The molecule has 0 saturated carbocycles. The van der Waals surface area contributed by atoms with E-state index in [4.69, 9.17) is 11.6 Å². The van der Waals surface area contributed by atoms with Gasteiger partial charge >= 0.3 is 0 Å². The van der Waals surface area contributed by atoms with Gasteiger partial charge in [0.25, 0.3) is 0 Å². The molecule has 0 unspecified atom stereocenters. The monoisotopic (exact) mass is 254 g/mol. The Bertz CT molecular complexity index is 385. The molecule has 0 aliphatic carbocycles. The maximum Gasteiger partial charge on any atom is 0.238 e. The molecule has 1 rings (SSSR count). The van der Waals surface area contributed by atoms with Crippen molar-refractivity contribution in [2.75, 3.05) is 18.4 Å². The minimum Gasteiger partial charge on any atom is -0.324 e. The smallest absolute Gasteiger partial charge is 0.238 e. The third-order valence-electron chi connectivity index (χ3n) is 2.09. The summed E-state index contributed by atoms with van der Waals surface area (Å²) in [5.74, 6) is -0.0812. The molecule has 17 heavy (non-hydrogen) atoms. The van der Waals surface area contributed by atoms with E-state index in [0.29, 0.717) is 17.3 Å². The van der Waals surface area contributed by atoms with Crippen LogP contribution in [0.15, 0.2) is 24.3 Å². The second kappa shape index (κ2) is 6.03. The Morgan fingerprint density at radius 1 is 1.29 bits per heavy atom. The quantitative estimate of drug-likeness (QED) is 0.868. The highest BCUT2D eigenvalue weighted by Gasteiger charge is 2.10.